The van der Waals surface area contributed by atoms with Gasteiger partial charge in [-0.05, 0) is 23.3 Å². The summed E-state index contributed by atoms with van der Waals surface area (Å²) in [4.78, 5) is 10.7. The number of fused-ring (bicyclic) bond motifs is 1. The van der Waals surface area contributed by atoms with Gasteiger partial charge >= 0.3 is 0 Å². The van der Waals surface area contributed by atoms with E-state index < -0.39 is 5.60 Å². The monoisotopic (exact) mass is 214 g/mol. The van der Waals surface area contributed by atoms with Crippen LogP contribution in [0.4, 0.5) is 0 Å². The Morgan fingerprint density at radius 1 is 1.19 bits per heavy atom. The molecule has 0 saturated heterocycles. The summed E-state index contributed by atoms with van der Waals surface area (Å²) in [5.41, 5.74) is -0.292. The molecule has 0 aromatic heterocycles. The first kappa shape index (κ1) is 10.8. The van der Waals surface area contributed by atoms with Crippen LogP contribution in [0.3, 0.4) is 0 Å². The second-order valence-electron chi connectivity index (χ2n) is 4.29. The summed E-state index contributed by atoms with van der Waals surface area (Å²) in [5, 5.41) is 12.0. The third kappa shape index (κ3) is 2.12. The van der Waals surface area contributed by atoms with Crippen LogP contribution in [0.15, 0.2) is 42.5 Å². The highest BCUT2D eigenvalue weighted by atomic mass is 16.3. The minimum Gasteiger partial charge on any atom is -0.382 e. The van der Waals surface area contributed by atoms with Crippen molar-refractivity contribution in [2.75, 3.05) is 0 Å². The number of aliphatic hydroxyl groups is 1. The van der Waals surface area contributed by atoms with E-state index in [-0.39, 0.29) is 0 Å². The quantitative estimate of drug-likeness (QED) is 0.796. The maximum Gasteiger partial charge on any atom is 0.151 e. The minimum absolute atomic E-state index is 0.345. The lowest BCUT2D eigenvalue weighted by Crippen LogP contribution is -2.28. The van der Waals surface area contributed by atoms with Crippen LogP contribution < -0.4 is 0 Å². The highest BCUT2D eigenvalue weighted by molar-refractivity contribution is 5.86. The number of carbonyl (C=O) groups is 1. The van der Waals surface area contributed by atoms with E-state index in [4.69, 9.17) is 0 Å². The fourth-order valence-electron chi connectivity index (χ4n) is 1.87. The maximum absolute atomic E-state index is 10.7. The minimum atomic E-state index is -1.29. The van der Waals surface area contributed by atoms with Gasteiger partial charge in [0.15, 0.2) is 6.29 Å². The van der Waals surface area contributed by atoms with Crippen molar-refractivity contribution in [3.8, 4) is 0 Å². The molecule has 1 N–H and O–H groups in total. The molecular weight excluding hydrogens is 200 g/mol. The largest absolute Gasteiger partial charge is 0.382 e. The molecular formula is C14H14O2. The Kier molecular flexibility index (Phi) is 2.75. The first-order valence-electron chi connectivity index (χ1n) is 5.28. The Labute approximate surface area is 94.5 Å². The van der Waals surface area contributed by atoms with Gasteiger partial charge in [0.25, 0.3) is 0 Å². The summed E-state index contributed by atoms with van der Waals surface area (Å²) in [7, 11) is 0. The van der Waals surface area contributed by atoms with Crippen molar-refractivity contribution in [2.45, 2.75) is 18.9 Å². The highest BCUT2D eigenvalue weighted by Crippen LogP contribution is 2.21. The molecule has 0 spiro atoms. The molecule has 1 unspecified atom stereocenters. The summed E-state index contributed by atoms with van der Waals surface area (Å²) in [6, 6.07) is 13.9. The third-order valence-electron chi connectivity index (χ3n) is 2.68. The summed E-state index contributed by atoms with van der Waals surface area (Å²) >= 11 is 0. The summed E-state index contributed by atoms with van der Waals surface area (Å²) in [5.74, 6) is 0. The van der Waals surface area contributed by atoms with Crippen molar-refractivity contribution < 1.29 is 9.90 Å². The standard InChI is InChI=1S/C14H14O2/c1-14(16,10-15)9-12-7-4-6-11-5-2-3-8-13(11)12/h2-8,10,16H,9H2,1H3. The Balaban J connectivity index is 2.49. The van der Waals surface area contributed by atoms with E-state index in [0.717, 1.165) is 16.3 Å². The lowest BCUT2D eigenvalue weighted by molar-refractivity contribution is -0.122. The van der Waals surface area contributed by atoms with Crippen LogP contribution in [-0.2, 0) is 11.2 Å². The zero-order chi connectivity index (χ0) is 11.6. The average Bonchev–Trinajstić information content (AvgIpc) is 2.29. The maximum atomic E-state index is 10.7. The van der Waals surface area contributed by atoms with Crippen molar-refractivity contribution in [3.63, 3.8) is 0 Å². The topological polar surface area (TPSA) is 37.3 Å². The smallest absolute Gasteiger partial charge is 0.151 e. The number of hydrogen-bond donors (Lipinski definition) is 1. The van der Waals surface area contributed by atoms with Gasteiger partial charge in [-0.15, -0.1) is 0 Å². The van der Waals surface area contributed by atoms with Gasteiger partial charge in [0.2, 0.25) is 0 Å². The molecule has 0 heterocycles. The van der Waals surface area contributed by atoms with Crippen LogP contribution in [0.25, 0.3) is 10.8 Å². The summed E-state index contributed by atoms with van der Waals surface area (Å²) < 4.78 is 0. The molecule has 2 aromatic carbocycles. The van der Waals surface area contributed by atoms with Crippen molar-refractivity contribution in [1.29, 1.82) is 0 Å². The predicted octanol–water partition coefficient (Wildman–Crippen LogP) is 2.33. The van der Waals surface area contributed by atoms with Crippen molar-refractivity contribution >= 4 is 17.1 Å². The van der Waals surface area contributed by atoms with Crippen LogP contribution in [-0.4, -0.2) is 17.0 Å². The van der Waals surface area contributed by atoms with Gasteiger partial charge in [-0.2, -0.15) is 0 Å². The van der Waals surface area contributed by atoms with Gasteiger partial charge in [-0.1, -0.05) is 42.5 Å². The fourth-order valence-corrected chi connectivity index (χ4v) is 1.87. The molecule has 0 aliphatic carbocycles. The Bertz CT molecular complexity index is 510. The van der Waals surface area contributed by atoms with Gasteiger partial charge in [-0.3, -0.25) is 0 Å². The van der Waals surface area contributed by atoms with Crippen molar-refractivity contribution in [2.24, 2.45) is 0 Å². The van der Waals surface area contributed by atoms with Crippen molar-refractivity contribution in [3.05, 3.63) is 48.0 Å². The van der Waals surface area contributed by atoms with Gasteiger partial charge in [-0.25, -0.2) is 0 Å². The van der Waals surface area contributed by atoms with E-state index >= 15 is 0 Å². The molecule has 2 aromatic rings. The highest BCUT2D eigenvalue weighted by Gasteiger charge is 2.20. The predicted molar refractivity (Wildman–Crippen MR) is 64.3 cm³/mol. The SMILES string of the molecule is CC(O)(C=O)Cc1cccc2ccccc12. The second-order valence-corrected chi connectivity index (χ2v) is 4.29. The molecule has 2 rings (SSSR count). The molecule has 0 aliphatic heterocycles. The lowest BCUT2D eigenvalue weighted by Gasteiger charge is -2.16. The Morgan fingerprint density at radius 3 is 2.62 bits per heavy atom. The molecule has 2 heteroatoms. The van der Waals surface area contributed by atoms with E-state index in [1.165, 1.54) is 6.92 Å². The molecule has 82 valence electrons. The van der Waals surface area contributed by atoms with Crippen LogP contribution in [0.1, 0.15) is 12.5 Å². The van der Waals surface area contributed by atoms with E-state index in [2.05, 4.69) is 0 Å². The first-order chi connectivity index (χ1) is 7.62. The third-order valence-corrected chi connectivity index (χ3v) is 2.68. The molecule has 0 bridgehead atoms. The van der Waals surface area contributed by atoms with E-state index in [0.29, 0.717) is 12.7 Å². The number of rotatable bonds is 3. The molecule has 0 fully saturated rings. The molecule has 1 atom stereocenters. The van der Waals surface area contributed by atoms with Gasteiger partial charge in [0, 0.05) is 6.42 Å². The number of carbonyl (C=O) groups excluding carboxylic acids is 1. The van der Waals surface area contributed by atoms with E-state index in [9.17, 15) is 9.90 Å². The average molecular weight is 214 g/mol. The van der Waals surface area contributed by atoms with Gasteiger partial charge in [0.1, 0.15) is 5.60 Å². The zero-order valence-corrected chi connectivity index (χ0v) is 9.18. The Hall–Kier alpha value is -1.67. The van der Waals surface area contributed by atoms with Gasteiger partial charge in [0.05, 0.1) is 0 Å². The summed E-state index contributed by atoms with van der Waals surface area (Å²) in [6.07, 6.45) is 0.937. The van der Waals surface area contributed by atoms with Crippen LogP contribution in [0.2, 0.25) is 0 Å². The van der Waals surface area contributed by atoms with Crippen molar-refractivity contribution in [1.82, 2.24) is 0 Å². The van der Waals surface area contributed by atoms with Crippen LogP contribution >= 0.6 is 0 Å². The first-order valence-corrected chi connectivity index (χ1v) is 5.28. The molecule has 0 saturated carbocycles. The fraction of sp³-hybridized carbons (Fsp3) is 0.214. The normalized spacial score (nSPS) is 14.6. The summed E-state index contributed by atoms with van der Waals surface area (Å²) in [6.45, 7) is 1.53. The number of aldehydes is 1. The zero-order valence-electron chi connectivity index (χ0n) is 9.18. The molecule has 0 aliphatic rings. The van der Waals surface area contributed by atoms with E-state index in [1.807, 2.05) is 42.5 Å². The lowest BCUT2D eigenvalue weighted by atomic mass is 9.94. The molecule has 2 nitrogen and oxygen atoms in total. The molecule has 16 heavy (non-hydrogen) atoms. The molecule has 0 radical (unpaired) electrons. The second kappa shape index (κ2) is 4.06. The van der Waals surface area contributed by atoms with Gasteiger partial charge < -0.3 is 9.90 Å². The number of hydrogen-bond acceptors (Lipinski definition) is 2. The molecule has 0 amide bonds. The van der Waals surface area contributed by atoms with E-state index in [1.54, 1.807) is 0 Å². The van der Waals surface area contributed by atoms with Crippen LogP contribution in [0.5, 0.6) is 0 Å². The number of benzene rings is 2. The Morgan fingerprint density at radius 2 is 1.88 bits per heavy atom. The van der Waals surface area contributed by atoms with Crippen LogP contribution in [0, 0.1) is 0 Å².